The highest BCUT2D eigenvalue weighted by Crippen LogP contribution is 2.45. The first-order valence-corrected chi connectivity index (χ1v) is 23.3. The van der Waals surface area contributed by atoms with Gasteiger partial charge in [-0.05, 0) is 99.0 Å². The van der Waals surface area contributed by atoms with Crippen LogP contribution < -0.4 is 0 Å². The summed E-state index contributed by atoms with van der Waals surface area (Å²) >= 11 is 0. The van der Waals surface area contributed by atoms with Crippen molar-refractivity contribution in [3.63, 3.8) is 0 Å². The highest BCUT2D eigenvalue weighted by Gasteiger charge is 2.25. The summed E-state index contributed by atoms with van der Waals surface area (Å²) in [6, 6.07) is 79.6. The van der Waals surface area contributed by atoms with Gasteiger partial charge in [-0.15, -0.1) is 0 Å². The lowest BCUT2D eigenvalue weighted by Crippen LogP contribution is -2.03. The minimum absolute atomic E-state index is 0.560. The molecule has 15 rings (SSSR count). The van der Waals surface area contributed by atoms with Crippen molar-refractivity contribution in [3.8, 4) is 45.5 Å². The number of benzene rings is 11. The van der Waals surface area contributed by atoms with E-state index >= 15 is 0 Å². The Hall–Kier alpha value is -9.39. The van der Waals surface area contributed by atoms with Gasteiger partial charge in [0.1, 0.15) is 5.58 Å². The zero-order valence-corrected chi connectivity index (χ0v) is 37.0. The minimum atomic E-state index is 0.560. The topological polar surface area (TPSA) is 61.7 Å². The van der Waals surface area contributed by atoms with Crippen molar-refractivity contribution in [2.75, 3.05) is 0 Å². The van der Waals surface area contributed by atoms with Crippen LogP contribution in [0, 0.1) is 0 Å². The Bertz CT molecular complexity index is 4620. The molecule has 0 bridgehead atoms. The van der Waals surface area contributed by atoms with Crippen molar-refractivity contribution in [1.29, 1.82) is 0 Å². The van der Waals surface area contributed by atoms with Crippen molar-refractivity contribution in [2.24, 2.45) is 0 Å². The summed E-state index contributed by atoms with van der Waals surface area (Å²) in [6.45, 7) is 0. The van der Waals surface area contributed by atoms with Crippen LogP contribution in [0.4, 0.5) is 0 Å². The molecule has 4 aromatic heterocycles. The molecule has 15 aromatic rings. The highest BCUT2D eigenvalue weighted by atomic mass is 16.3. The van der Waals surface area contributed by atoms with Gasteiger partial charge in [-0.25, -0.2) is 15.0 Å². The average molecular weight is 880 g/mol. The number of hydrogen-bond acceptors (Lipinski definition) is 4. The fourth-order valence-corrected chi connectivity index (χ4v) is 11.0. The van der Waals surface area contributed by atoms with E-state index in [0.29, 0.717) is 17.5 Å². The quantitative estimate of drug-likeness (QED) is 0.173. The lowest BCUT2D eigenvalue weighted by Gasteiger charge is -2.14. The van der Waals surface area contributed by atoms with Crippen LogP contribution in [0.15, 0.2) is 229 Å². The Morgan fingerprint density at radius 3 is 1.81 bits per heavy atom. The Morgan fingerprint density at radius 2 is 0.971 bits per heavy atom. The molecule has 69 heavy (non-hydrogen) atoms. The van der Waals surface area contributed by atoms with E-state index in [-0.39, 0.29) is 0 Å². The van der Waals surface area contributed by atoms with Crippen LogP contribution in [0.2, 0.25) is 0 Å². The molecule has 0 aliphatic heterocycles. The van der Waals surface area contributed by atoms with E-state index < -0.39 is 0 Å². The van der Waals surface area contributed by atoms with E-state index in [4.69, 9.17) is 19.4 Å². The first-order valence-electron chi connectivity index (χ1n) is 23.3. The van der Waals surface area contributed by atoms with Crippen LogP contribution in [0.25, 0.3) is 143 Å². The second-order valence-corrected chi connectivity index (χ2v) is 17.9. The predicted octanol–water partition coefficient (Wildman–Crippen LogP) is 16.4. The monoisotopic (exact) mass is 879 g/mol. The number of aromatic nitrogens is 5. The summed E-state index contributed by atoms with van der Waals surface area (Å²) in [5.41, 5.74) is 10.6. The van der Waals surface area contributed by atoms with Crippen LogP contribution in [-0.2, 0) is 0 Å². The van der Waals surface area contributed by atoms with Gasteiger partial charge < -0.3 is 13.6 Å². The molecular weight excluding hydrogens is 843 g/mol. The van der Waals surface area contributed by atoms with E-state index in [0.717, 1.165) is 93.6 Å². The lowest BCUT2D eigenvalue weighted by atomic mass is 10.0. The smallest absolute Gasteiger partial charge is 0.166 e. The molecule has 0 fully saturated rings. The van der Waals surface area contributed by atoms with Crippen molar-refractivity contribution in [2.45, 2.75) is 0 Å². The van der Waals surface area contributed by atoms with Gasteiger partial charge >= 0.3 is 0 Å². The van der Waals surface area contributed by atoms with Gasteiger partial charge in [-0.2, -0.15) is 0 Å². The third-order valence-corrected chi connectivity index (χ3v) is 14.1. The number of fused-ring (bicyclic) bond motifs is 13. The maximum absolute atomic E-state index is 7.08. The minimum Gasteiger partial charge on any atom is -0.454 e. The Labute approximate surface area is 394 Å². The molecule has 11 aromatic carbocycles. The normalized spacial score (nSPS) is 12.1. The maximum Gasteiger partial charge on any atom is 0.166 e. The molecule has 0 aliphatic rings. The third kappa shape index (κ3) is 5.63. The van der Waals surface area contributed by atoms with E-state index in [1.54, 1.807) is 0 Å². The predicted molar refractivity (Wildman–Crippen MR) is 285 cm³/mol. The van der Waals surface area contributed by atoms with Crippen LogP contribution in [0.3, 0.4) is 0 Å². The van der Waals surface area contributed by atoms with Gasteiger partial charge in [0, 0.05) is 54.7 Å². The summed E-state index contributed by atoms with van der Waals surface area (Å²) in [7, 11) is 0. The lowest BCUT2D eigenvalue weighted by molar-refractivity contribution is 0.666. The fraction of sp³-hybridized carbons (Fsp3) is 0. The van der Waals surface area contributed by atoms with Crippen molar-refractivity contribution >= 4 is 97.9 Å². The summed E-state index contributed by atoms with van der Waals surface area (Å²) < 4.78 is 11.8. The van der Waals surface area contributed by atoms with Crippen molar-refractivity contribution in [1.82, 2.24) is 24.1 Å². The van der Waals surface area contributed by atoms with Gasteiger partial charge in [0.15, 0.2) is 23.1 Å². The molecule has 4 heterocycles. The van der Waals surface area contributed by atoms with Crippen LogP contribution in [0.1, 0.15) is 0 Å². The molecule has 0 amide bonds. The second kappa shape index (κ2) is 14.6. The zero-order valence-electron chi connectivity index (χ0n) is 37.0. The second-order valence-electron chi connectivity index (χ2n) is 17.9. The molecule has 0 radical (unpaired) electrons. The fourth-order valence-electron chi connectivity index (χ4n) is 11.0. The Morgan fingerprint density at radius 1 is 0.333 bits per heavy atom. The van der Waals surface area contributed by atoms with Gasteiger partial charge in [0.25, 0.3) is 0 Å². The summed E-state index contributed by atoms with van der Waals surface area (Å²) in [5.74, 6) is 1.73. The van der Waals surface area contributed by atoms with E-state index in [1.165, 1.54) is 32.3 Å². The molecule has 0 spiro atoms. The molecule has 0 saturated carbocycles. The third-order valence-electron chi connectivity index (χ3n) is 14.1. The largest absolute Gasteiger partial charge is 0.454 e. The van der Waals surface area contributed by atoms with E-state index in [9.17, 15) is 0 Å². The highest BCUT2D eigenvalue weighted by molar-refractivity contribution is 6.24. The molecule has 0 atom stereocenters. The first-order chi connectivity index (χ1) is 34.2. The van der Waals surface area contributed by atoms with Gasteiger partial charge in [0.05, 0.1) is 27.8 Å². The molecule has 6 nitrogen and oxygen atoms in total. The summed E-state index contributed by atoms with van der Waals surface area (Å²) in [6.07, 6.45) is 0. The number of furan rings is 1. The Balaban J connectivity index is 1.04. The molecule has 0 unspecified atom stereocenters. The molecule has 6 heteroatoms. The number of rotatable bonds is 5. The number of hydrogen-bond donors (Lipinski definition) is 0. The van der Waals surface area contributed by atoms with Crippen molar-refractivity contribution in [3.05, 3.63) is 224 Å². The van der Waals surface area contributed by atoms with Crippen LogP contribution in [0.5, 0.6) is 0 Å². The average Bonchev–Trinajstić information content (AvgIpc) is 4.08. The molecular formula is C63H37N5O. The Kier molecular flexibility index (Phi) is 7.97. The van der Waals surface area contributed by atoms with E-state index in [1.807, 2.05) is 6.07 Å². The summed E-state index contributed by atoms with van der Waals surface area (Å²) in [4.78, 5) is 16.4. The SMILES string of the molecule is c1ccc(-n2c3ccccc3c3cccc(-c4nc(-c5ccc6ccccc6c5)nc(-c5ccc(-n6c7cc8ccccc8cc7c7c8ccccc8ccc76)c6oc7ccccc7c56)n4)c32)cc1. The molecule has 0 aliphatic carbocycles. The van der Waals surface area contributed by atoms with Crippen LogP contribution in [-0.4, -0.2) is 24.1 Å². The van der Waals surface area contributed by atoms with Gasteiger partial charge in [-0.3, -0.25) is 0 Å². The molecule has 0 saturated heterocycles. The van der Waals surface area contributed by atoms with Gasteiger partial charge in [-0.1, -0.05) is 158 Å². The van der Waals surface area contributed by atoms with Crippen LogP contribution >= 0.6 is 0 Å². The maximum atomic E-state index is 7.08. The first kappa shape index (κ1) is 37.8. The van der Waals surface area contributed by atoms with Crippen molar-refractivity contribution < 1.29 is 4.42 Å². The standard InChI is InChI=1S/C63H37N5O/c1-2-20-44(21-3-1)67-52-27-12-10-23-46(52)47-25-14-26-50(59(47)67)63-65-61(43-30-29-38-15-4-5-17-40(38)35-43)64-62(66-63)49-32-34-54(60-58(49)48-24-11-13-28-56(48)69-60)68-53-33-31-39-16-8-9-22-45(39)57(53)51-36-41-18-6-7-19-42(41)37-55(51)68/h1-37H. The summed E-state index contributed by atoms with van der Waals surface area (Å²) in [5, 5.41) is 13.7. The molecule has 0 N–H and O–H groups in total. The number of nitrogens with zero attached hydrogens (tertiary/aromatic N) is 5. The van der Waals surface area contributed by atoms with E-state index in [2.05, 4.69) is 228 Å². The molecule has 320 valence electrons. The number of para-hydroxylation sites is 4. The zero-order chi connectivity index (χ0) is 45.2. The van der Waals surface area contributed by atoms with Gasteiger partial charge in [0.2, 0.25) is 0 Å².